The number of hydrogen-bond acceptors (Lipinski definition) is 4. The van der Waals surface area contributed by atoms with E-state index in [1.54, 1.807) is 22.9 Å². The maximum absolute atomic E-state index is 13.5. The van der Waals surface area contributed by atoms with Gasteiger partial charge in [-0.2, -0.15) is 5.10 Å². The molecule has 0 atom stereocenters. The van der Waals surface area contributed by atoms with Crippen molar-refractivity contribution in [3.05, 3.63) is 102 Å². The second kappa shape index (κ2) is 10.1. The van der Waals surface area contributed by atoms with Crippen LogP contribution in [0.5, 0.6) is 0 Å². The molecule has 4 aromatic rings. The van der Waals surface area contributed by atoms with Gasteiger partial charge in [0, 0.05) is 38.8 Å². The van der Waals surface area contributed by atoms with Crippen LogP contribution < -0.4 is 0 Å². The molecule has 0 N–H and O–H groups in total. The van der Waals surface area contributed by atoms with Gasteiger partial charge in [0.2, 0.25) is 0 Å². The Hall–Kier alpha value is -3.97. The molecule has 2 aromatic carbocycles. The molecule has 7 heteroatoms. The molecule has 35 heavy (non-hydrogen) atoms. The predicted octanol–water partition coefficient (Wildman–Crippen LogP) is 5.05. The van der Waals surface area contributed by atoms with E-state index in [4.69, 9.17) is 4.42 Å². The minimum Gasteiger partial charge on any atom is -0.460 e. The molecule has 0 radical (unpaired) electrons. The molecule has 2 aromatic heterocycles. The van der Waals surface area contributed by atoms with E-state index in [0.717, 1.165) is 25.4 Å². The van der Waals surface area contributed by atoms with Gasteiger partial charge < -0.3 is 9.32 Å². The van der Waals surface area contributed by atoms with E-state index in [2.05, 4.69) is 34.3 Å². The van der Waals surface area contributed by atoms with Crippen LogP contribution in [-0.2, 0) is 0 Å². The molecule has 0 spiro atoms. The molecule has 1 aliphatic rings. The number of aromatic nitrogens is 2. The minimum absolute atomic E-state index is 0.101. The first-order valence-electron chi connectivity index (χ1n) is 11.7. The van der Waals surface area contributed by atoms with Crippen molar-refractivity contribution in [2.24, 2.45) is 0 Å². The van der Waals surface area contributed by atoms with E-state index < -0.39 is 0 Å². The van der Waals surface area contributed by atoms with E-state index >= 15 is 0 Å². The average molecular weight is 471 g/mol. The van der Waals surface area contributed by atoms with Crippen molar-refractivity contribution < 1.29 is 13.6 Å². The third-order valence-electron chi connectivity index (χ3n) is 6.13. The summed E-state index contributed by atoms with van der Waals surface area (Å²) in [5.41, 5.74) is 2.79. The van der Waals surface area contributed by atoms with Crippen molar-refractivity contribution in [3.8, 4) is 17.1 Å². The summed E-state index contributed by atoms with van der Waals surface area (Å²) in [5.74, 6) is 0.915. The fourth-order valence-electron chi connectivity index (χ4n) is 4.20. The first-order chi connectivity index (χ1) is 17.1. The Morgan fingerprint density at radius 1 is 1.00 bits per heavy atom. The summed E-state index contributed by atoms with van der Waals surface area (Å²) in [6.45, 7) is 5.54. The van der Waals surface area contributed by atoms with Crippen LogP contribution in [0.2, 0.25) is 0 Å². The van der Waals surface area contributed by atoms with Gasteiger partial charge in [-0.25, -0.2) is 9.07 Å². The van der Waals surface area contributed by atoms with Gasteiger partial charge in [0.25, 0.3) is 5.91 Å². The van der Waals surface area contributed by atoms with Gasteiger partial charge >= 0.3 is 0 Å². The van der Waals surface area contributed by atoms with E-state index in [-0.39, 0.29) is 11.7 Å². The Morgan fingerprint density at radius 2 is 1.74 bits per heavy atom. The highest BCUT2D eigenvalue weighted by molar-refractivity contribution is 5.94. The zero-order valence-corrected chi connectivity index (χ0v) is 19.6. The smallest absolute Gasteiger partial charge is 0.272 e. The molecule has 3 heterocycles. The van der Waals surface area contributed by atoms with Gasteiger partial charge in [0.05, 0.1) is 5.69 Å². The lowest BCUT2D eigenvalue weighted by Gasteiger charge is -2.34. The van der Waals surface area contributed by atoms with Crippen molar-refractivity contribution in [3.63, 3.8) is 0 Å². The van der Waals surface area contributed by atoms with Gasteiger partial charge in [0.15, 0.2) is 5.76 Å². The number of furan rings is 1. The van der Waals surface area contributed by atoms with Crippen molar-refractivity contribution >= 4 is 12.0 Å². The van der Waals surface area contributed by atoms with Crippen LogP contribution in [0.3, 0.4) is 0 Å². The van der Waals surface area contributed by atoms with E-state index in [1.807, 2.05) is 42.2 Å². The molecular formula is C28H27FN4O2. The lowest BCUT2D eigenvalue weighted by Crippen LogP contribution is -2.49. The monoisotopic (exact) mass is 470 g/mol. The molecule has 0 unspecified atom stereocenters. The molecule has 1 saturated heterocycles. The zero-order valence-electron chi connectivity index (χ0n) is 19.6. The number of piperazine rings is 1. The van der Waals surface area contributed by atoms with Gasteiger partial charge in [-0.3, -0.25) is 9.69 Å². The van der Waals surface area contributed by atoms with Gasteiger partial charge in [0.1, 0.15) is 23.0 Å². The highest BCUT2D eigenvalue weighted by atomic mass is 19.1. The average Bonchev–Trinajstić information content (AvgIpc) is 3.52. The van der Waals surface area contributed by atoms with Crippen LogP contribution in [0.25, 0.3) is 23.2 Å². The number of benzene rings is 2. The van der Waals surface area contributed by atoms with E-state index in [9.17, 15) is 9.18 Å². The number of hydrogen-bond donors (Lipinski definition) is 0. The molecule has 6 nitrogen and oxygen atoms in total. The molecular weight excluding hydrogens is 443 g/mol. The number of aryl methyl sites for hydroxylation is 1. The van der Waals surface area contributed by atoms with Crippen LogP contribution in [0.4, 0.5) is 4.39 Å². The lowest BCUT2D eigenvalue weighted by atomic mass is 10.2. The van der Waals surface area contributed by atoms with Crippen molar-refractivity contribution in [1.29, 1.82) is 0 Å². The number of rotatable bonds is 6. The largest absolute Gasteiger partial charge is 0.460 e. The van der Waals surface area contributed by atoms with Crippen LogP contribution in [0.1, 0.15) is 21.8 Å². The van der Waals surface area contributed by atoms with Crippen LogP contribution >= 0.6 is 0 Å². The summed E-state index contributed by atoms with van der Waals surface area (Å²) < 4.78 is 20.8. The lowest BCUT2D eigenvalue weighted by molar-refractivity contribution is 0.0641. The first kappa shape index (κ1) is 22.8. The summed E-state index contributed by atoms with van der Waals surface area (Å²) in [4.78, 5) is 17.7. The number of carbonyl (C=O) groups is 1. The van der Waals surface area contributed by atoms with E-state index in [0.29, 0.717) is 35.9 Å². The fraction of sp³-hybridized carbons (Fsp3) is 0.214. The van der Waals surface area contributed by atoms with Gasteiger partial charge in [-0.1, -0.05) is 42.5 Å². The SMILES string of the molecule is Cc1ccc(-c2cc(C(=O)N3CCN(C/C=C/c4ccccc4)CC3)n(-c3ccc(F)cc3)n2)o1. The van der Waals surface area contributed by atoms with Gasteiger partial charge in [-0.15, -0.1) is 0 Å². The van der Waals surface area contributed by atoms with E-state index in [1.165, 1.54) is 17.7 Å². The van der Waals surface area contributed by atoms with Gasteiger partial charge in [-0.05, 0) is 48.9 Å². The first-order valence-corrected chi connectivity index (χ1v) is 11.7. The third-order valence-corrected chi connectivity index (χ3v) is 6.13. The fourth-order valence-corrected chi connectivity index (χ4v) is 4.20. The molecule has 0 saturated carbocycles. The Labute approximate surface area is 203 Å². The summed E-state index contributed by atoms with van der Waals surface area (Å²) in [5, 5.41) is 4.63. The summed E-state index contributed by atoms with van der Waals surface area (Å²) in [6.07, 6.45) is 4.28. The maximum Gasteiger partial charge on any atom is 0.272 e. The molecule has 1 amide bonds. The number of halogens is 1. The predicted molar refractivity (Wildman–Crippen MR) is 134 cm³/mol. The summed E-state index contributed by atoms with van der Waals surface area (Å²) >= 11 is 0. The number of nitrogens with zero attached hydrogens (tertiary/aromatic N) is 4. The highest BCUT2D eigenvalue weighted by Crippen LogP contribution is 2.25. The van der Waals surface area contributed by atoms with Crippen LogP contribution in [0.15, 0.2) is 83.3 Å². The summed E-state index contributed by atoms with van der Waals surface area (Å²) in [6, 6.07) is 21.6. The zero-order chi connectivity index (χ0) is 24.2. The quantitative estimate of drug-likeness (QED) is 0.396. The second-order valence-corrected chi connectivity index (χ2v) is 8.62. The molecule has 1 aliphatic heterocycles. The molecule has 178 valence electrons. The normalized spacial score (nSPS) is 14.6. The Kier molecular flexibility index (Phi) is 6.59. The van der Waals surface area contributed by atoms with Crippen LogP contribution in [-0.4, -0.2) is 58.2 Å². The topological polar surface area (TPSA) is 54.5 Å². The Morgan fingerprint density at radius 3 is 2.43 bits per heavy atom. The minimum atomic E-state index is -0.340. The molecule has 1 fully saturated rings. The Balaban J connectivity index is 1.31. The van der Waals surface area contributed by atoms with Crippen LogP contribution in [0, 0.1) is 12.7 Å². The number of carbonyl (C=O) groups excluding carboxylic acids is 1. The molecule has 0 aliphatic carbocycles. The molecule has 0 bridgehead atoms. The standard InChI is InChI=1S/C28H27FN4O2/c1-21-9-14-27(35-21)25-20-26(33(30-25)24-12-10-23(29)11-13-24)28(34)32-18-16-31(17-19-32)15-5-8-22-6-3-2-4-7-22/h2-14,20H,15-19H2,1H3/b8-5+. The summed E-state index contributed by atoms with van der Waals surface area (Å²) in [7, 11) is 0. The highest BCUT2D eigenvalue weighted by Gasteiger charge is 2.26. The maximum atomic E-state index is 13.5. The van der Waals surface area contributed by atoms with Crippen molar-refractivity contribution in [1.82, 2.24) is 19.6 Å². The Bertz CT molecular complexity index is 1320. The number of amides is 1. The third kappa shape index (κ3) is 5.25. The molecule has 5 rings (SSSR count). The second-order valence-electron chi connectivity index (χ2n) is 8.62. The van der Waals surface area contributed by atoms with Crippen molar-refractivity contribution in [2.75, 3.05) is 32.7 Å². The van der Waals surface area contributed by atoms with Crippen molar-refractivity contribution in [2.45, 2.75) is 6.92 Å².